The Morgan fingerprint density at radius 2 is 1.84 bits per heavy atom. The van der Waals surface area contributed by atoms with Crippen molar-refractivity contribution in [2.75, 3.05) is 5.32 Å². The van der Waals surface area contributed by atoms with Crippen molar-refractivity contribution in [1.29, 1.82) is 0 Å². The molecule has 7 heteroatoms. The number of nitrogens with one attached hydrogen (secondary N) is 2. The molecule has 25 heavy (non-hydrogen) atoms. The van der Waals surface area contributed by atoms with E-state index >= 15 is 0 Å². The lowest BCUT2D eigenvalue weighted by molar-refractivity contribution is -0.119. The maximum atomic E-state index is 12.5. The second-order valence-corrected chi connectivity index (χ2v) is 6.73. The fraction of sp³-hybridized carbons (Fsp3) is 0.167. The molecule has 0 unspecified atom stereocenters. The Morgan fingerprint density at radius 1 is 1.12 bits per heavy atom. The number of rotatable bonds is 6. The Morgan fingerprint density at radius 3 is 2.48 bits per heavy atom. The molecule has 0 heterocycles. The minimum atomic E-state index is -0.851. The molecular weight excluding hydrogens is 433 g/mol. The number of para-hydroxylation sites is 1. The quantitative estimate of drug-likeness (QED) is 0.587. The summed E-state index contributed by atoms with van der Waals surface area (Å²) in [5, 5.41) is 5.24. The fourth-order valence-corrected chi connectivity index (χ4v) is 2.95. The number of amides is 3. The lowest BCUT2D eigenvalue weighted by atomic mass is 10.0. The largest absolute Gasteiger partial charge is 0.368 e. The van der Waals surface area contributed by atoms with Crippen molar-refractivity contribution >= 4 is 46.0 Å². The average Bonchev–Trinajstić information content (AvgIpc) is 2.54. The van der Waals surface area contributed by atoms with Crippen LogP contribution in [0.2, 0.25) is 0 Å². The lowest BCUT2D eigenvalue weighted by Crippen LogP contribution is -2.46. The van der Waals surface area contributed by atoms with Crippen molar-refractivity contribution in [3.63, 3.8) is 0 Å². The van der Waals surface area contributed by atoms with E-state index in [0.717, 1.165) is 9.13 Å². The summed E-state index contributed by atoms with van der Waals surface area (Å²) in [6.45, 7) is 1.36. The second kappa shape index (κ2) is 8.61. The van der Waals surface area contributed by atoms with Crippen LogP contribution in [-0.4, -0.2) is 23.8 Å². The molecule has 2 aromatic rings. The standard InChI is InChI=1S/C18H18IN3O3/c1-11(23)21-15-8-3-2-7-14(15)18(25)22-16(17(20)24)10-12-5-4-6-13(19)9-12/h2-9,16H,10H2,1H3,(H2,20,24)(H,21,23)(H,22,25)/t16-/m1/s1. The molecule has 4 N–H and O–H groups in total. The van der Waals surface area contributed by atoms with E-state index in [4.69, 9.17) is 5.73 Å². The van der Waals surface area contributed by atoms with E-state index in [9.17, 15) is 14.4 Å². The van der Waals surface area contributed by atoms with Gasteiger partial charge in [-0.3, -0.25) is 14.4 Å². The summed E-state index contributed by atoms with van der Waals surface area (Å²) in [5.41, 5.74) is 6.99. The summed E-state index contributed by atoms with van der Waals surface area (Å²) in [4.78, 5) is 35.6. The van der Waals surface area contributed by atoms with Crippen LogP contribution < -0.4 is 16.4 Å². The Labute approximate surface area is 159 Å². The number of primary amides is 1. The van der Waals surface area contributed by atoms with Gasteiger partial charge in [-0.25, -0.2) is 0 Å². The Bertz CT molecular complexity index is 808. The Kier molecular flexibility index (Phi) is 6.51. The molecule has 0 radical (unpaired) electrons. The minimum Gasteiger partial charge on any atom is -0.368 e. The zero-order chi connectivity index (χ0) is 18.4. The van der Waals surface area contributed by atoms with Crippen LogP contribution in [0.1, 0.15) is 22.8 Å². The number of hydrogen-bond donors (Lipinski definition) is 3. The summed E-state index contributed by atoms with van der Waals surface area (Å²) >= 11 is 2.18. The third-order valence-corrected chi connectivity index (χ3v) is 4.13. The highest BCUT2D eigenvalue weighted by Gasteiger charge is 2.21. The van der Waals surface area contributed by atoms with Crippen molar-refractivity contribution < 1.29 is 14.4 Å². The monoisotopic (exact) mass is 451 g/mol. The number of halogens is 1. The molecule has 0 aliphatic rings. The summed E-state index contributed by atoms with van der Waals surface area (Å²) < 4.78 is 1.03. The Hall–Kier alpha value is -2.42. The minimum absolute atomic E-state index is 0.270. The lowest BCUT2D eigenvalue weighted by Gasteiger charge is -2.17. The molecule has 1 atom stereocenters. The van der Waals surface area contributed by atoms with Crippen LogP contribution in [0, 0.1) is 3.57 Å². The van der Waals surface area contributed by atoms with E-state index in [1.165, 1.54) is 6.92 Å². The zero-order valence-electron chi connectivity index (χ0n) is 13.6. The molecule has 0 aliphatic carbocycles. The summed E-state index contributed by atoms with van der Waals surface area (Å²) in [5.74, 6) is -1.38. The number of nitrogens with two attached hydrogens (primary N) is 1. The van der Waals surface area contributed by atoms with Crippen molar-refractivity contribution in [1.82, 2.24) is 5.32 Å². The predicted molar refractivity (Wildman–Crippen MR) is 104 cm³/mol. The summed E-state index contributed by atoms with van der Waals surface area (Å²) in [6, 6.07) is 13.3. The highest BCUT2D eigenvalue weighted by Crippen LogP contribution is 2.16. The first-order valence-electron chi connectivity index (χ1n) is 7.58. The normalized spacial score (nSPS) is 11.4. The topological polar surface area (TPSA) is 101 Å². The van der Waals surface area contributed by atoms with Crippen LogP contribution in [0.4, 0.5) is 5.69 Å². The van der Waals surface area contributed by atoms with E-state index in [1.807, 2.05) is 24.3 Å². The van der Waals surface area contributed by atoms with Crippen LogP contribution in [0.5, 0.6) is 0 Å². The van der Waals surface area contributed by atoms with Crippen molar-refractivity contribution in [2.45, 2.75) is 19.4 Å². The van der Waals surface area contributed by atoms with Gasteiger partial charge in [0.25, 0.3) is 5.91 Å². The molecule has 0 aliphatic heterocycles. The maximum absolute atomic E-state index is 12.5. The van der Waals surface area contributed by atoms with Gasteiger partial charge in [-0.2, -0.15) is 0 Å². The van der Waals surface area contributed by atoms with Crippen molar-refractivity contribution in [2.24, 2.45) is 5.73 Å². The fourth-order valence-electron chi connectivity index (χ4n) is 2.34. The van der Waals surface area contributed by atoms with Crippen LogP contribution in [0.25, 0.3) is 0 Å². The Balaban J connectivity index is 2.18. The van der Waals surface area contributed by atoms with Gasteiger partial charge in [-0.15, -0.1) is 0 Å². The number of carbonyl (C=O) groups excluding carboxylic acids is 3. The SMILES string of the molecule is CC(=O)Nc1ccccc1C(=O)N[C@H](Cc1cccc(I)c1)C(N)=O. The third-order valence-electron chi connectivity index (χ3n) is 3.46. The molecule has 0 aromatic heterocycles. The molecular formula is C18H18IN3O3. The summed E-state index contributed by atoms with van der Waals surface area (Å²) in [6.07, 6.45) is 0.292. The van der Waals surface area contributed by atoms with E-state index in [-0.39, 0.29) is 11.5 Å². The highest BCUT2D eigenvalue weighted by molar-refractivity contribution is 14.1. The van der Waals surface area contributed by atoms with E-state index in [0.29, 0.717) is 12.1 Å². The predicted octanol–water partition coefficient (Wildman–Crippen LogP) is 2.08. The van der Waals surface area contributed by atoms with Gasteiger partial charge in [0.2, 0.25) is 11.8 Å². The van der Waals surface area contributed by atoms with Crippen LogP contribution in [-0.2, 0) is 16.0 Å². The molecule has 0 fully saturated rings. The van der Waals surface area contributed by atoms with Gasteiger partial charge < -0.3 is 16.4 Å². The molecule has 2 rings (SSSR count). The van der Waals surface area contributed by atoms with Crippen LogP contribution >= 0.6 is 22.6 Å². The maximum Gasteiger partial charge on any atom is 0.254 e. The highest BCUT2D eigenvalue weighted by atomic mass is 127. The van der Waals surface area contributed by atoms with Gasteiger partial charge in [0.1, 0.15) is 6.04 Å². The van der Waals surface area contributed by atoms with Gasteiger partial charge in [0.05, 0.1) is 11.3 Å². The molecule has 0 bridgehead atoms. The smallest absolute Gasteiger partial charge is 0.254 e. The molecule has 6 nitrogen and oxygen atoms in total. The first kappa shape index (κ1) is 18.9. The van der Waals surface area contributed by atoms with Crippen LogP contribution in [0.3, 0.4) is 0 Å². The van der Waals surface area contributed by atoms with Crippen molar-refractivity contribution in [3.05, 3.63) is 63.2 Å². The molecule has 2 aromatic carbocycles. The van der Waals surface area contributed by atoms with E-state index in [2.05, 4.69) is 33.2 Å². The molecule has 0 saturated heterocycles. The van der Waals surface area contributed by atoms with Gasteiger partial charge in [0.15, 0.2) is 0 Å². The number of carbonyl (C=O) groups is 3. The molecule has 130 valence electrons. The average molecular weight is 451 g/mol. The van der Waals surface area contributed by atoms with Crippen molar-refractivity contribution in [3.8, 4) is 0 Å². The van der Waals surface area contributed by atoms with Gasteiger partial charge in [-0.1, -0.05) is 24.3 Å². The molecule has 0 saturated carbocycles. The summed E-state index contributed by atoms with van der Waals surface area (Å²) in [7, 11) is 0. The zero-order valence-corrected chi connectivity index (χ0v) is 15.7. The van der Waals surface area contributed by atoms with Gasteiger partial charge in [-0.05, 0) is 52.4 Å². The van der Waals surface area contributed by atoms with Gasteiger partial charge in [0, 0.05) is 16.9 Å². The number of anilines is 1. The van der Waals surface area contributed by atoms with Crippen LogP contribution in [0.15, 0.2) is 48.5 Å². The molecule has 0 spiro atoms. The van der Waals surface area contributed by atoms with Gasteiger partial charge >= 0.3 is 0 Å². The number of hydrogen-bond acceptors (Lipinski definition) is 3. The number of benzene rings is 2. The first-order chi connectivity index (χ1) is 11.9. The third kappa shape index (κ3) is 5.56. The first-order valence-corrected chi connectivity index (χ1v) is 8.66. The second-order valence-electron chi connectivity index (χ2n) is 5.49. The van der Waals surface area contributed by atoms with E-state index in [1.54, 1.807) is 24.3 Å². The van der Waals surface area contributed by atoms with E-state index < -0.39 is 17.9 Å². The molecule has 3 amide bonds.